The van der Waals surface area contributed by atoms with E-state index in [2.05, 4.69) is 17.2 Å². The summed E-state index contributed by atoms with van der Waals surface area (Å²) in [7, 11) is 1.79. The van der Waals surface area contributed by atoms with E-state index in [1.165, 1.54) is 0 Å². The molecule has 2 rings (SSSR count). The molecule has 28 heavy (non-hydrogen) atoms. The third kappa shape index (κ3) is 7.25. The highest BCUT2D eigenvalue weighted by molar-refractivity contribution is 6.19. The summed E-state index contributed by atoms with van der Waals surface area (Å²) in [5.74, 6) is -0.857. The maximum Gasteiger partial charge on any atom is 0.368 e. The average Bonchev–Trinajstić information content (AvgIpc) is 2.71. The van der Waals surface area contributed by atoms with Crippen molar-refractivity contribution in [1.82, 2.24) is 0 Å². The Balaban J connectivity index is 0.000000696. The van der Waals surface area contributed by atoms with E-state index in [1.807, 2.05) is 48.5 Å². The van der Waals surface area contributed by atoms with Crippen molar-refractivity contribution < 1.29 is 24.3 Å². The summed E-state index contributed by atoms with van der Waals surface area (Å²) in [6.45, 7) is 4.92. The molecule has 0 saturated heterocycles. The van der Waals surface area contributed by atoms with E-state index in [9.17, 15) is 4.79 Å². The second-order valence-corrected chi connectivity index (χ2v) is 5.50. The normalized spacial score (nSPS) is 10.1. The Labute approximate surface area is 163 Å². The Hall–Kier alpha value is -3.74. The minimum absolute atomic E-state index is 0.00910. The molecule has 0 radical (unpaired) electrons. The van der Waals surface area contributed by atoms with Gasteiger partial charge in [-0.05, 0) is 43.2 Å². The van der Waals surface area contributed by atoms with E-state index in [0.717, 1.165) is 16.8 Å². The molecule has 146 valence electrons. The van der Waals surface area contributed by atoms with Crippen LogP contribution in [0.3, 0.4) is 0 Å². The summed E-state index contributed by atoms with van der Waals surface area (Å²) >= 11 is 0. The standard InChI is InChI=1S/C19H20N2O2.C2H2O3/c1-14(22)17-13-16(10-11-18(17)20-2)19(23-21-3)12-9-15-7-5-4-6-8-15;3-1-2(4)5/h4-8,10-13,20H,3,9H2,1-2H3;1H,(H,4,5)/b19-12-;. The lowest BCUT2D eigenvalue weighted by Gasteiger charge is -2.10. The van der Waals surface area contributed by atoms with Crippen molar-refractivity contribution >= 4 is 36.2 Å². The molecule has 0 fully saturated rings. The smallest absolute Gasteiger partial charge is 0.368 e. The molecule has 0 aromatic heterocycles. The van der Waals surface area contributed by atoms with E-state index in [0.29, 0.717) is 17.7 Å². The number of carbonyl (C=O) groups is 3. The van der Waals surface area contributed by atoms with Gasteiger partial charge in [-0.25, -0.2) is 4.79 Å². The van der Waals surface area contributed by atoms with Gasteiger partial charge in [-0.1, -0.05) is 35.5 Å². The van der Waals surface area contributed by atoms with Gasteiger partial charge < -0.3 is 15.3 Å². The second-order valence-electron chi connectivity index (χ2n) is 5.50. The van der Waals surface area contributed by atoms with Gasteiger partial charge >= 0.3 is 5.97 Å². The highest BCUT2D eigenvalue weighted by Crippen LogP contribution is 2.24. The van der Waals surface area contributed by atoms with E-state index >= 15 is 0 Å². The summed E-state index contributed by atoms with van der Waals surface area (Å²) in [6.07, 6.45) is 2.47. The number of nitrogens with one attached hydrogen (secondary N) is 1. The fourth-order valence-corrected chi connectivity index (χ4v) is 2.31. The third-order valence-electron chi connectivity index (χ3n) is 3.58. The molecule has 7 nitrogen and oxygen atoms in total. The highest BCUT2D eigenvalue weighted by Gasteiger charge is 2.11. The van der Waals surface area contributed by atoms with Crippen LogP contribution in [0.5, 0.6) is 0 Å². The number of anilines is 1. The van der Waals surface area contributed by atoms with Crippen LogP contribution < -0.4 is 5.32 Å². The van der Waals surface area contributed by atoms with Crippen LogP contribution in [0, 0.1) is 0 Å². The molecule has 7 heteroatoms. The zero-order chi connectivity index (χ0) is 20.9. The Morgan fingerprint density at radius 1 is 1.21 bits per heavy atom. The quantitative estimate of drug-likeness (QED) is 0.181. The lowest BCUT2D eigenvalue weighted by atomic mass is 10.0. The summed E-state index contributed by atoms with van der Waals surface area (Å²) in [5.41, 5.74) is 3.35. The number of carboxylic acid groups (broad SMARTS) is 1. The van der Waals surface area contributed by atoms with Crippen molar-refractivity contribution in [2.24, 2.45) is 5.16 Å². The number of Topliss-reactive ketones (excluding diaryl/α,β-unsaturated/α-hetero) is 1. The van der Waals surface area contributed by atoms with Crippen LogP contribution in [0.25, 0.3) is 5.76 Å². The van der Waals surface area contributed by atoms with Gasteiger partial charge in [0, 0.05) is 30.6 Å². The number of aldehydes is 1. The molecule has 0 aliphatic carbocycles. The molecular formula is C21H22N2O5. The number of aliphatic carboxylic acids is 1. The average molecular weight is 382 g/mol. The topological polar surface area (TPSA) is 105 Å². The minimum Gasteiger partial charge on any atom is -0.476 e. The van der Waals surface area contributed by atoms with Crippen molar-refractivity contribution in [3.63, 3.8) is 0 Å². The fourth-order valence-electron chi connectivity index (χ4n) is 2.31. The number of allylic oxidation sites excluding steroid dienone is 1. The number of benzene rings is 2. The van der Waals surface area contributed by atoms with Crippen LogP contribution in [0.4, 0.5) is 5.69 Å². The lowest BCUT2D eigenvalue weighted by Crippen LogP contribution is -2.02. The number of carboxylic acids is 1. The molecular weight excluding hydrogens is 360 g/mol. The zero-order valence-corrected chi connectivity index (χ0v) is 15.7. The molecule has 0 bridgehead atoms. The minimum atomic E-state index is -1.43. The van der Waals surface area contributed by atoms with E-state index in [4.69, 9.17) is 19.5 Å². The number of carbonyl (C=O) groups excluding carboxylic acids is 2. The molecule has 0 amide bonds. The third-order valence-corrected chi connectivity index (χ3v) is 3.58. The molecule has 2 aromatic rings. The van der Waals surface area contributed by atoms with Gasteiger partial charge in [-0.3, -0.25) is 9.59 Å². The lowest BCUT2D eigenvalue weighted by molar-refractivity contribution is -0.143. The van der Waals surface area contributed by atoms with Crippen LogP contribution in [0.15, 0.2) is 59.8 Å². The molecule has 0 saturated carbocycles. The highest BCUT2D eigenvalue weighted by atomic mass is 16.6. The Kier molecular flexibility index (Phi) is 9.39. The van der Waals surface area contributed by atoms with Gasteiger partial charge in [0.15, 0.2) is 11.5 Å². The van der Waals surface area contributed by atoms with Crippen molar-refractivity contribution in [1.29, 1.82) is 0 Å². The van der Waals surface area contributed by atoms with Crippen LogP contribution >= 0.6 is 0 Å². The first-order chi connectivity index (χ1) is 13.4. The summed E-state index contributed by atoms with van der Waals surface area (Å²) in [4.78, 5) is 35.0. The van der Waals surface area contributed by atoms with Crippen molar-refractivity contribution in [3.05, 3.63) is 71.3 Å². The summed E-state index contributed by atoms with van der Waals surface area (Å²) < 4.78 is 0. The molecule has 0 atom stereocenters. The largest absolute Gasteiger partial charge is 0.476 e. The number of hydrogen-bond donors (Lipinski definition) is 2. The van der Waals surface area contributed by atoms with Gasteiger partial charge in [-0.2, -0.15) is 0 Å². The number of hydrogen-bond acceptors (Lipinski definition) is 6. The van der Waals surface area contributed by atoms with Crippen molar-refractivity contribution in [2.75, 3.05) is 12.4 Å². The van der Waals surface area contributed by atoms with Crippen LogP contribution in [0.2, 0.25) is 0 Å². The number of oxime groups is 1. The number of nitrogens with zero attached hydrogens (tertiary/aromatic N) is 1. The zero-order valence-electron chi connectivity index (χ0n) is 15.7. The number of ketones is 1. The van der Waals surface area contributed by atoms with Gasteiger partial charge in [-0.15, -0.1) is 0 Å². The Morgan fingerprint density at radius 3 is 2.36 bits per heavy atom. The van der Waals surface area contributed by atoms with Gasteiger partial charge in [0.25, 0.3) is 0 Å². The first-order valence-corrected chi connectivity index (χ1v) is 8.31. The molecule has 0 spiro atoms. The predicted molar refractivity (Wildman–Crippen MR) is 108 cm³/mol. The maximum atomic E-state index is 11.8. The van der Waals surface area contributed by atoms with Crippen molar-refractivity contribution in [2.45, 2.75) is 13.3 Å². The fraction of sp³-hybridized carbons (Fsp3) is 0.143. The molecule has 0 aliphatic rings. The molecule has 0 aliphatic heterocycles. The Morgan fingerprint density at radius 2 is 1.86 bits per heavy atom. The van der Waals surface area contributed by atoms with Crippen molar-refractivity contribution in [3.8, 4) is 0 Å². The molecule has 0 heterocycles. The van der Waals surface area contributed by atoms with E-state index < -0.39 is 5.97 Å². The van der Waals surface area contributed by atoms with Gasteiger partial charge in [0.2, 0.25) is 6.29 Å². The maximum absolute atomic E-state index is 11.8. The van der Waals surface area contributed by atoms with E-state index in [-0.39, 0.29) is 12.1 Å². The first-order valence-electron chi connectivity index (χ1n) is 8.31. The van der Waals surface area contributed by atoms with Crippen LogP contribution in [0.1, 0.15) is 28.4 Å². The summed E-state index contributed by atoms with van der Waals surface area (Å²) in [5, 5.41) is 13.9. The second kappa shape index (κ2) is 11.8. The summed E-state index contributed by atoms with van der Waals surface area (Å²) in [6, 6.07) is 15.6. The van der Waals surface area contributed by atoms with Crippen LogP contribution in [-0.2, 0) is 20.8 Å². The molecule has 2 aromatic carbocycles. The predicted octanol–water partition coefficient (Wildman–Crippen LogP) is 3.42. The number of rotatable bonds is 8. The van der Waals surface area contributed by atoms with Crippen LogP contribution in [-0.4, -0.2) is 36.9 Å². The Bertz CT molecular complexity index is 860. The first kappa shape index (κ1) is 22.3. The monoisotopic (exact) mass is 382 g/mol. The molecule has 2 N–H and O–H groups in total. The van der Waals surface area contributed by atoms with E-state index in [1.54, 1.807) is 20.0 Å². The SMILES string of the molecule is C=NO/C(=C\Cc1ccccc1)c1ccc(NC)c(C(C)=O)c1.O=CC(=O)O. The molecule has 0 unspecified atom stereocenters. The van der Waals surface area contributed by atoms with Gasteiger partial charge in [0.1, 0.15) is 0 Å². The van der Waals surface area contributed by atoms with Gasteiger partial charge in [0.05, 0.1) is 0 Å².